The van der Waals surface area contributed by atoms with E-state index < -0.39 is 0 Å². The van der Waals surface area contributed by atoms with Crippen LogP contribution in [0.2, 0.25) is 0 Å². The summed E-state index contributed by atoms with van der Waals surface area (Å²) in [5.74, 6) is 1.50. The average Bonchev–Trinajstić information content (AvgIpc) is 2.76. The lowest BCUT2D eigenvalue weighted by Gasteiger charge is -2.04. The Morgan fingerprint density at radius 3 is 2.71 bits per heavy atom. The molecule has 4 heteroatoms. The van der Waals surface area contributed by atoms with Crippen LogP contribution in [0.1, 0.15) is 0 Å². The number of benzene rings is 1. The zero-order valence-corrected chi connectivity index (χ0v) is 10.5. The lowest BCUT2D eigenvalue weighted by Crippen LogP contribution is -1.89. The van der Waals surface area contributed by atoms with Crippen LogP contribution in [-0.2, 0) is 0 Å². The molecule has 0 N–H and O–H groups in total. The monoisotopic (exact) mass is 288 g/mol. The maximum Gasteiger partial charge on any atom is 0.224 e. The smallest absolute Gasteiger partial charge is 0.224 e. The fraction of sp³-hybridized carbons (Fsp3) is 0. The fourth-order valence-electron chi connectivity index (χ4n) is 1.61. The van der Waals surface area contributed by atoms with Gasteiger partial charge in [0.2, 0.25) is 5.88 Å². The van der Waals surface area contributed by atoms with Crippen LogP contribution in [-0.4, -0.2) is 9.38 Å². The van der Waals surface area contributed by atoms with Gasteiger partial charge in [-0.15, -0.1) is 0 Å². The number of halogens is 1. The van der Waals surface area contributed by atoms with Crippen molar-refractivity contribution in [2.75, 3.05) is 0 Å². The van der Waals surface area contributed by atoms with Crippen LogP contribution < -0.4 is 4.74 Å². The lowest BCUT2D eigenvalue weighted by molar-refractivity contribution is 0.458. The highest BCUT2D eigenvalue weighted by molar-refractivity contribution is 9.10. The Hall–Kier alpha value is -1.81. The van der Waals surface area contributed by atoms with Crippen LogP contribution >= 0.6 is 15.9 Å². The summed E-state index contributed by atoms with van der Waals surface area (Å²) in [7, 11) is 0. The second kappa shape index (κ2) is 4.22. The maximum atomic E-state index is 5.77. The number of hydrogen-bond donors (Lipinski definition) is 0. The van der Waals surface area contributed by atoms with Crippen LogP contribution in [0.5, 0.6) is 11.6 Å². The van der Waals surface area contributed by atoms with Gasteiger partial charge in [-0.25, -0.2) is 4.98 Å². The summed E-state index contributed by atoms with van der Waals surface area (Å²) < 4.78 is 8.70. The molecule has 0 unspecified atom stereocenters. The van der Waals surface area contributed by atoms with E-state index >= 15 is 0 Å². The summed E-state index contributed by atoms with van der Waals surface area (Å²) in [4.78, 5) is 4.26. The lowest BCUT2D eigenvalue weighted by atomic mass is 10.3. The second-order valence-electron chi connectivity index (χ2n) is 3.58. The average molecular weight is 289 g/mol. The van der Waals surface area contributed by atoms with Gasteiger partial charge in [0.05, 0.1) is 6.20 Å². The molecule has 0 aliphatic carbocycles. The Labute approximate surface area is 107 Å². The molecule has 2 heterocycles. The Morgan fingerprint density at radius 2 is 1.88 bits per heavy atom. The summed E-state index contributed by atoms with van der Waals surface area (Å²) >= 11 is 3.39. The van der Waals surface area contributed by atoms with E-state index in [1.165, 1.54) is 0 Å². The van der Waals surface area contributed by atoms with E-state index in [1.54, 1.807) is 6.20 Å². The highest BCUT2D eigenvalue weighted by Gasteiger charge is 2.04. The first-order chi connectivity index (χ1) is 8.33. The van der Waals surface area contributed by atoms with Crippen molar-refractivity contribution in [3.63, 3.8) is 0 Å². The molecule has 0 amide bonds. The van der Waals surface area contributed by atoms with Crippen molar-refractivity contribution in [1.29, 1.82) is 0 Å². The molecule has 1 aromatic carbocycles. The molecule has 0 atom stereocenters. The van der Waals surface area contributed by atoms with Crippen molar-refractivity contribution >= 4 is 21.6 Å². The quantitative estimate of drug-likeness (QED) is 0.715. The Kier molecular flexibility index (Phi) is 2.57. The van der Waals surface area contributed by atoms with E-state index in [0.29, 0.717) is 5.88 Å². The van der Waals surface area contributed by atoms with Gasteiger partial charge in [0.15, 0.2) is 0 Å². The molecular weight excluding hydrogens is 280 g/mol. The van der Waals surface area contributed by atoms with Crippen LogP contribution in [0.15, 0.2) is 59.3 Å². The predicted molar refractivity (Wildman–Crippen MR) is 69.4 cm³/mol. The van der Waals surface area contributed by atoms with Gasteiger partial charge in [-0.1, -0.05) is 22.0 Å². The number of pyridine rings is 1. The number of aromatic nitrogens is 2. The number of ether oxygens (including phenoxy) is 1. The summed E-state index contributed by atoms with van der Waals surface area (Å²) in [5, 5.41) is 0. The third-order valence-corrected chi connectivity index (χ3v) is 2.95. The van der Waals surface area contributed by atoms with E-state index in [0.717, 1.165) is 15.9 Å². The first kappa shape index (κ1) is 10.4. The number of nitrogens with zero attached hydrogens (tertiary/aromatic N) is 2. The number of fused-ring (bicyclic) bond motifs is 1. The van der Waals surface area contributed by atoms with Crippen LogP contribution in [0.3, 0.4) is 0 Å². The number of hydrogen-bond acceptors (Lipinski definition) is 2. The number of rotatable bonds is 2. The molecule has 0 aliphatic heterocycles. The number of imidazole rings is 1. The maximum absolute atomic E-state index is 5.77. The summed E-state index contributed by atoms with van der Waals surface area (Å²) in [6.45, 7) is 0. The van der Waals surface area contributed by atoms with E-state index in [4.69, 9.17) is 4.74 Å². The molecule has 0 saturated heterocycles. The van der Waals surface area contributed by atoms with Gasteiger partial charge in [-0.2, -0.15) is 0 Å². The summed E-state index contributed by atoms with van der Waals surface area (Å²) in [6.07, 6.45) is 3.65. The molecule has 0 aliphatic rings. The fourth-order valence-corrected chi connectivity index (χ4v) is 1.87. The van der Waals surface area contributed by atoms with Gasteiger partial charge in [0.25, 0.3) is 0 Å². The van der Waals surface area contributed by atoms with Gasteiger partial charge in [0.1, 0.15) is 11.4 Å². The molecule has 3 aromatic rings. The molecule has 84 valence electrons. The third kappa shape index (κ3) is 2.03. The zero-order valence-electron chi connectivity index (χ0n) is 8.88. The van der Waals surface area contributed by atoms with Crippen molar-refractivity contribution in [2.24, 2.45) is 0 Å². The Morgan fingerprint density at radius 1 is 1.06 bits per heavy atom. The first-order valence-corrected chi connectivity index (χ1v) is 5.98. The van der Waals surface area contributed by atoms with E-state index in [9.17, 15) is 0 Å². The first-order valence-electron chi connectivity index (χ1n) is 5.18. The van der Waals surface area contributed by atoms with Crippen LogP contribution in [0, 0.1) is 0 Å². The van der Waals surface area contributed by atoms with Crippen molar-refractivity contribution in [3.05, 3.63) is 59.3 Å². The molecule has 17 heavy (non-hydrogen) atoms. The third-order valence-electron chi connectivity index (χ3n) is 2.42. The minimum Gasteiger partial charge on any atom is -0.439 e. The SMILES string of the molecule is Brc1ccc(Oc2cnc3ccccn23)cc1. The van der Waals surface area contributed by atoms with Crippen molar-refractivity contribution < 1.29 is 4.74 Å². The summed E-state index contributed by atoms with van der Waals surface area (Å²) in [5.41, 5.74) is 0.875. The molecule has 2 aromatic heterocycles. The standard InChI is InChI=1S/C13H9BrN2O/c14-10-4-6-11(7-5-10)17-13-9-15-12-3-1-2-8-16(12)13/h1-9H. The van der Waals surface area contributed by atoms with E-state index in [-0.39, 0.29) is 0 Å². The molecule has 0 saturated carbocycles. The highest BCUT2D eigenvalue weighted by Crippen LogP contribution is 2.23. The van der Waals surface area contributed by atoms with Crippen molar-refractivity contribution in [1.82, 2.24) is 9.38 Å². The van der Waals surface area contributed by atoms with Gasteiger partial charge in [-0.05, 0) is 36.4 Å². The molecule has 3 nitrogen and oxygen atoms in total. The van der Waals surface area contributed by atoms with Gasteiger partial charge >= 0.3 is 0 Å². The molecule has 0 spiro atoms. The Bertz CT molecular complexity index is 646. The molecule has 0 fully saturated rings. The van der Waals surface area contributed by atoms with Gasteiger partial charge in [0, 0.05) is 10.7 Å². The molecular formula is C13H9BrN2O. The second-order valence-corrected chi connectivity index (χ2v) is 4.50. The van der Waals surface area contributed by atoms with Gasteiger partial charge in [-0.3, -0.25) is 4.40 Å². The van der Waals surface area contributed by atoms with E-state index in [1.807, 2.05) is 53.1 Å². The molecule has 3 rings (SSSR count). The van der Waals surface area contributed by atoms with E-state index in [2.05, 4.69) is 20.9 Å². The highest BCUT2D eigenvalue weighted by atomic mass is 79.9. The van der Waals surface area contributed by atoms with Crippen molar-refractivity contribution in [2.45, 2.75) is 0 Å². The topological polar surface area (TPSA) is 26.5 Å². The van der Waals surface area contributed by atoms with Crippen molar-refractivity contribution in [3.8, 4) is 11.6 Å². The Balaban J connectivity index is 1.97. The minimum absolute atomic E-state index is 0.711. The van der Waals surface area contributed by atoms with Gasteiger partial charge < -0.3 is 4.74 Å². The largest absolute Gasteiger partial charge is 0.439 e. The van der Waals surface area contributed by atoms with Crippen LogP contribution in [0.25, 0.3) is 5.65 Å². The normalized spacial score (nSPS) is 10.6. The molecule has 0 radical (unpaired) electrons. The van der Waals surface area contributed by atoms with Crippen LogP contribution in [0.4, 0.5) is 0 Å². The predicted octanol–water partition coefficient (Wildman–Crippen LogP) is 3.89. The summed E-state index contributed by atoms with van der Waals surface area (Å²) in [6, 6.07) is 13.5. The molecule has 0 bridgehead atoms. The minimum atomic E-state index is 0.711. The zero-order chi connectivity index (χ0) is 11.7.